The molecule has 3 fully saturated rings. The summed E-state index contributed by atoms with van der Waals surface area (Å²) in [5.41, 5.74) is 0. The predicted octanol–water partition coefficient (Wildman–Crippen LogP) is 12.3. The zero-order valence-electron chi connectivity index (χ0n) is 62.9. The molecule has 1 saturated carbocycles. The maximum Gasteiger partial charge on any atom is 0.472 e. The van der Waals surface area contributed by atoms with Crippen molar-refractivity contribution in [3.63, 3.8) is 0 Å². The molecule has 2 aliphatic heterocycles. The number of phosphoric ester groups is 1. The molecule has 0 aromatic carbocycles. The summed E-state index contributed by atoms with van der Waals surface area (Å²) in [7, 11) is -5.70. The molecule has 102 heavy (non-hydrogen) atoms. The minimum atomic E-state index is -5.70. The highest BCUT2D eigenvalue weighted by Gasteiger charge is 2.58. The van der Waals surface area contributed by atoms with Crippen LogP contribution in [0.5, 0.6) is 0 Å². The molecule has 3 aliphatic rings. The van der Waals surface area contributed by atoms with Crippen LogP contribution in [0.15, 0.2) is 12.2 Å². The smallest absolute Gasteiger partial charge is 0.463 e. The second-order valence-electron chi connectivity index (χ2n) is 29.1. The Balaban J connectivity index is 1.70. The summed E-state index contributed by atoms with van der Waals surface area (Å²) in [5.74, 6) is -1.98. The van der Waals surface area contributed by atoms with E-state index in [0.717, 1.165) is 116 Å². The van der Waals surface area contributed by atoms with Gasteiger partial charge >= 0.3 is 25.7 Å². The molecule has 0 aromatic rings. The van der Waals surface area contributed by atoms with Crippen molar-refractivity contribution in [2.45, 2.75) is 433 Å². The summed E-state index contributed by atoms with van der Waals surface area (Å²) in [4.78, 5) is 51.2. The fourth-order valence-corrected chi connectivity index (χ4v) is 14.4. The third-order valence-electron chi connectivity index (χ3n) is 20.0. The number of carbonyl (C=O) groups is 3. The summed E-state index contributed by atoms with van der Waals surface area (Å²) >= 11 is 0. The van der Waals surface area contributed by atoms with Gasteiger partial charge in [0.05, 0.1) is 13.2 Å². The van der Waals surface area contributed by atoms with Gasteiger partial charge in [-0.1, -0.05) is 277 Å². The maximum absolute atomic E-state index is 14.4. The summed E-state index contributed by atoms with van der Waals surface area (Å²) in [5, 5.41) is 110. The molecule has 2 heterocycles. The van der Waals surface area contributed by atoms with E-state index >= 15 is 0 Å². The number of hydrogen-bond donors (Lipinski definition) is 11. The number of allylic oxidation sites excluding steroid dienone is 2. The van der Waals surface area contributed by atoms with E-state index in [4.69, 9.17) is 42.2 Å². The van der Waals surface area contributed by atoms with Crippen LogP contribution in [0.1, 0.15) is 329 Å². The second kappa shape index (κ2) is 58.7. The second-order valence-corrected chi connectivity index (χ2v) is 30.5. The molecule has 0 bridgehead atoms. The number of hydrogen-bond acceptors (Lipinski definition) is 23. The van der Waals surface area contributed by atoms with Crippen molar-refractivity contribution >= 4 is 25.7 Å². The Bertz CT molecular complexity index is 2150. The molecule has 24 nitrogen and oxygen atoms in total. The van der Waals surface area contributed by atoms with Crippen molar-refractivity contribution < 1.29 is 117 Å². The van der Waals surface area contributed by atoms with Crippen LogP contribution in [0.2, 0.25) is 0 Å². The molecule has 18 unspecified atom stereocenters. The fourth-order valence-electron chi connectivity index (χ4n) is 13.5. The first kappa shape index (κ1) is 93.9. The molecule has 18 atom stereocenters. The third-order valence-corrected chi connectivity index (χ3v) is 21.0. The number of esters is 3. The van der Waals surface area contributed by atoms with E-state index in [9.17, 15) is 74.9 Å². The van der Waals surface area contributed by atoms with E-state index in [1.165, 1.54) is 154 Å². The Morgan fingerprint density at radius 2 is 0.686 bits per heavy atom. The minimum absolute atomic E-state index is 0.0328. The predicted molar refractivity (Wildman–Crippen MR) is 388 cm³/mol. The van der Waals surface area contributed by atoms with E-state index in [-0.39, 0.29) is 19.3 Å². The van der Waals surface area contributed by atoms with Crippen LogP contribution < -0.4 is 0 Å². The number of aliphatic hydroxyl groups excluding tert-OH is 10. The van der Waals surface area contributed by atoms with Crippen LogP contribution in [-0.4, -0.2) is 204 Å². The van der Waals surface area contributed by atoms with Gasteiger partial charge < -0.3 is 89.1 Å². The number of carbonyl (C=O) groups excluding carboxylic acids is 3. The lowest BCUT2D eigenvalue weighted by Gasteiger charge is -2.49. The molecule has 25 heteroatoms. The van der Waals surface area contributed by atoms with Crippen LogP contribution in [0.25, 0.3) is 0 Å². The largest absolute Gasteiger partial charge is 0.472 e. The summed E-state index contributed by atoms with van der Waals surface area (Å²) in [6, 6.07) is 0. The summed E-state index contributed by atoms with van der Waals surface area (Å²) in [6.45, 7) is 3.48. The minimum Gasteiger partial charge on any atom is -0.463 e. The Hall–Kier alpha value is -2.30. The quantitative estimate of drug-likeness (QED) is 0.00886. The first-order chi connectivity index (χ1) is 49.3. The lowest BCUT2D eigenvalue weighted by Crippen LogP contribution is -2.69. The Kier molecular flexibility index (Phi) is 54.0. The highest BCUT2D eigenvalue weighted by atomic mass is 31.2. The lowest BCUT2D eigenvalue weighted by atomic mass is 9.84. The van der Waals surface area contributed by atoms with E-state index in [1.807, 2.05) is 0 Å². The Morgan fingerprint density at radius 1 is 0.373 bits per heavy atom. The lowest BCUT2D eigenvalue weighted by molar-refractivity contribution is -0.360. The van der Waals surface area contributed by atoms with Gasteiger partial charge in [-0.25, -0.2) is 4.57 Å². The van der Waals surface area contributed by atoms with Crippen molar-refractivity contribution in [3.05, 3.63) is 12.2 Å². The maximum atomic E-state index is 14.4. The molecular weight excluding hydrogens is 1340 g/mol. The number of ether oxygens (including phenoxy) is 7. The molecule has 0 aromatic heterocycles. The zero-order valence-corrected chi connectivity index (χ0v) is 63.8. The molecular formula is C77H143O24P. The van der Waals surface area contributed by atoms with Crippen molar-refractivity contribution in [2.24, 2.45) is 0 Å². The first-order valence-electron chi connectivity index (χ1n) is 40.5. The molecule has 11 N–H and O–H groups in total. The van der Waals surface area contributed by atoms with Gasteiger partial charge in [-0.3, -0.25) is 23.4 Å². The monoisotopic (exact) mass is 1480 g/mol. The third kappa shape index (κ3) is 40.8. The van der Waals surface area contributed by atoms with Gasteiger partial charge in [0.15, 0.2) is 18.7 Å². The fraction of sp³-hybridized carbons (Fsp3) is 0.935. The van der Waals surface area contributed by atoms with Gasteiger partial charge in [-0.15, -0.1) is 0 Å². The average molecular weight is 1480 g/mol. The van der Waals surface area contributed by atoms with Gasteiger partial charge in [0, 0.05) is 19.3 Å². The topological polar surface area (TPSA) is 374 Å². The van der Waals surface area contributed by atoms with Crippen LogP contribution in [0.3, 0.4) is 0 Å². The number of phosphoric acid groups is 1. The summed E-state index contributed by atoms with van der Waals surface area (Å²) < 4.78 is 65.2. The average Bonchev–Trinajstić information content (AvgIpc) is 0.762. The van der Waals surface area contributed by atoms with Gasteiger partial charge in [-0.2, -0.15) is 0 Å². The standard InChI is InChI=1S/C77H143O24P/c1-4-7-10-13-16-19-22-25-28-29-32-35-38-41-44-47-50-53-63(81)96-58(55-93-61(79)51-48-45-42-39-36-33-30-26-23-20-17-14-11-8-5-2)56-95-102(91,92)101-75-73(99-76-71(89)66(84)64(82)59(54-78)97-76)69(87)68(86)70(88)74(75)100-77-72(90)67(85)65(83)60(98-77)57-94-62(80)52-49-46-43-40-37-34-31-27-24-21-18-15-12-9-6-3/h20,23,58-60,64-78,82-90H,4-19,21-22,24-57H2,1-3H3,(H,91,92)/b23-20-. The molecule has 2 saturated heterocycles. The Labute approximate surface area is 612 Å². The molecule has 1 aliphatic carbocycles. The molecule has 0 radical (unpaired) electrons. The number of aliphatic hydroxyl groups is 10. The zero-order chi connectivity index (χ0) is 74.6. The molecule has 0 spiro atoms. The van der Waals surface area contributed by atoms with Gasteiger partial charge in [0.2, 0.25) is 0 Å². The van der Waals surface area contributed by atoms with Crippen molar-refractivity contribution in [3.8, 4) is 0 Å². The van der Waals surface area contributed by atoms with Crippen LogP contribution >= 0.6 is 7.82 Å². The van der Waals surface area contributed by atoms with Gasteiger partial charge in [-0.05, 0) is 44.9 Å². The van der Waals surface area contributed by atoms with E-state index in [2.05, 4.69) is 32.9 Å². The van der Waals surface area contributed by atoms with E-state index in [1.54, 1.807) is 0 Å². The van der Waals surface area contributed by atoms with Crippen molar-refractivity contribution in [1.82, 2.24) is 0 Å². The first-order valence-corrected chi connectivity index (χ1v) is 42.0. The number of unbranched alkanes of at least 4 members (excludes halogenated alkanes) is 41. The summed E-state index contributed by atoms with van der Waals surface area (Å²) in [6.07, 6.45) is 19.6. The highest BCUT2D eigenvalue weighted by molar-refractivity contribution is 7.47. The molecule has 600 valence electrons. The SMILES string of the molecule is CCCCCC/C=C\CCCCCCCCCC(=O)OCC(COP(=O)(O)OC1C(OC2OC(CO)C(O)C(O)C2O)C(O)C(O)C(O)C1OC1OC(COC(=O)CCCCCCCCCCCCCCCCC)C(O)C(O)C1O)OC(=O)CCCCCCCCCCCCCCCCCCC. The van der Waals surface area contributed by atoms with E-state index in [0.29, 0.717) is 19.3 Å². The van der Waals surface area contributed by atoms with Gasteiger partial charge in [0.1, 0.15) is 98.7 Å². The molecule has 3 rings (SSSR count). The normalized spacial score (nSPS) is 27.0. The van der Waals surface area contributed by atoms with E-state index < -0.39 is 156 Å². The highest BCUT2D eigenvalue weighted by Crippen LogP contribution is 2.49. The van der Waals surface area contributed by atoms with Crippen LogP contribution in [0, 0.1) is 0 Å². The van der Waals surface area contributed by atoms with Crippen LogP contribution in [-0.2, 0) is 61.2 Å². The van der Waals surface area contributed by atoms with Gasteiger partial charge in [0.25, 0.3) is 0 Å². The van der Waals surface area contributed by atoms with Crippen LogP contribution in [0.4, 0.5) is 0 Å². The van der Waals surface area contributed by atoms with Crippen molar-refractivity contribution in [1.29, 1.82) is 0 Å². The molecule has 0 amide bonds. The Morgan fingerprint density at radius 3 is 1.07 bits per heavy atom. The van der Waals surface area contributed by atoms with Crippen molar-refractivity contribution in [2.75, 3.05) is 26.4 Å². The number of rotatable bonds is 64.